The van der Waals surface area contributed by atoms with Crippen LogP contribution in [-0.4, -0.2) is 20.6 Å². The second kappa shape index (κ2) is 4.63. The molecule has 0 heterocycles. The van der Waals surface area contributed by atoms with Crippen molar-refractivity contribution in [2.45, 2.75) is 6.42 Å². The Morgan fingerprint density at radius 2 is 2.08 bits per heavy atom. The van der Waals surface area contributed by atoms with Crippen molar-refractivity contribution in [2.24, 2.45) is 5.73 Å². The molecule has 0 bridgehead atoms. The third kappa shape index (κ3) is 2.71. The molecule has 0 saturated heterocycles. The van der Waals surface area contributed by atoms with E-state index in [1.54, 1.807) is 0 Å². The van der Waals surface area contributed by atoms with Crippen LogP contribution in [0.5, 0.6) is 0 Å². The van der Waals surface area contributed by atoms with Gasteiger partial charge in [-0.25, -0.2) is 0 Å². The van der Waals surface area contributed by atoms with Crippen molar-refractivity contribution in [1.82, 2.24) is 0 Å². The normalized spacial score (nSPS) is 10.2. The van der Waals surface area contributed by atoms with Crippen LogP contribution in [0.25, 0.3) is 0 Å². The second-order valence-electron chi connectivity index (χ2n) is 3.21. The van der Waals surface area contributed by atoms with Crippen LogP contribution in [0, 0.1) is 0 Å². The van der Waals surface area contributed by atoms with E-state index in [0.717, 1.165) is 10.9 Å². The maximum atomic E-state index is 5.55. The molecule has 0 aliphatic carbocycles. The molecule has 72 valence electrons. The second-order valence-corrected chi connectivity index (χ2v) is 4.12. The van der Waals surface area contributed by atoms with E-state index in [9.17, 15) is 0 Å². The quantitative estimate of drug-likeness (QED) is 0.879. The Balaban J connectivity index is 3.03. The molecule has 0 spiro atoms. The van der Waals surface area contributed by atoms with E-state index >= 15 is 0 Å². The number of nitrogens with two attached hydrogens (primary N) is 1. The first kappa shape index (κ1) is 10.5. The van der Waals surface area contributed by atoms with Crippen molar-refractivity contribution in [1.29, 1.82) is 0 Å². The summed E-state index contributed by atoms with van der Waals surface area (Å²) in [4.78, 5) is 2.11. The summed E-state index contributed by atoms with van der Waals surface area (Å²) in [6.07, 6.45) is 0.924. The summed E-state index contributed by atoms with van der Waals surface area (Å²) in [5.74, 6) is 0. The van der Waals surface area contributed by atoms with Gasteiger partial charge in [0.2, 0.25) is 0 Å². The summed E-state index contributed by atoms with van der Waals surface area (Å²) in [6.45, 7) is 0.692. The van der Waals surface area contributed by atoms with Gasteiger partial charge < -0.3 is 10.6 Å². The fourth-order valence-corrected chi connectivity index (χ4v) is 1.75. The molecule has 0 fully saturated rings. The minimum atomic E-state index is 0.692. The summed E-state index contributed by atoms with van der Waals surface area (Å²) in [7, 11) is 4.09. The maximum Gasteiger partial charge on any atom is 0.0394 e. The molecule has 0 saturated carbocycles. The molecule has 2 nitrogen and oxygen atoms in total. The number of hydrogen-bond acceptors (Lipinski definition) is 2. The topological polar surface area (TPSA) is 29.3 Å². The summed E-state index contributed by atoms with van der Waals surface area (Å²) in [5, 5.41) is 0. The largest absolute Gasteiger partial charge is 0.377 e. The standard InChI is InChI=1S/C10H15BrN2/c1-13(2)10-4-3-9(11)7-8(10)5-6-12/h3-4,7H,5-6,12H2,1-2H3. The summed E-state index contributed by atoms with van der Waals surface area (Å²) in [5.41, 5.74) is 8.08. The minimum absolute atomic E-state index is 0.692. The highest BCUT2D eigenvalue weighted by Crippen LogP contribution is 2.23. The highest BCUT2D eigenvalue weighted by Gasteiger charge is 2.03. The average molecular weight is 243 g/mol. The smallest absolute Gasteiger partial charge is 0.0394 e. The Bertz CT molecular complexity index is 284. The van der Waals surface area contributed by atoms with Crippen LogP contribution in [-0.2, 0) is 6.42 Å². The molecular formula is C10H15BrN2. The van der Waals surface area contributed by atoms with Gasteiger partial charge in [0.15, 0.2) is 0 Å². The van der Waals surface area contributed by atoms with Crippen molar-refractivity contribution >= 4 is 21.6 Å². The Labute approximate surface area is 87.9 Å². The van der Waals surface area contributed by atoms with Crippen molar-refractivity contribution < 1.29 is 0 Å². The Morgan fingerprint density at radius 3 is 2.62 bits per heavy atom. The van der Waals surface area contributed by atoms with E-state index in [1.807, 2.05) is 14.1 Å². The molecule has 1 aromatic carbocycles. The third-order valence-electron chi connectivity index (χ3n) is 1.94. The van der Waals surface area contributed by atoms with Gasteiger partial charge in [-0.15, -0.1) is 0 Å². The lowest BCUT2D eigenvalue weighted by Gasteiger charge is -2.17. The fraction of sp³-hybridized carbons (Fsp3) is 0.400. The van der Waals surface area contributed by atoms with E-state index in [2.05, 4.69) is 39.0 Å². The van der Waals surface area contributed by atoms with E-state index in [1.165, 1.54) is 11.3 Å². The predicted molar refractivity (Wildman–Crippen MR) is 61.2 cm³/mol. The highest BCUT2D eigenvalue weighted by molar-refractivity contribution is 9.10. The average Bonchev–Trinajstić information content (AvgIpc) is 2.04. The molecule has 1 aromatic rings. The van der Waals surface area contributed by atoms with Crippen LogP contribution in [0.3, 0.4) is 0 Å². The number of rotatable bonds is 3. The van der Waals surface area contributed by atoms with Crippen LogP contribution in [0.4, 0.5) is 5.69 Å². The highest BCUT2D eigenvalue weighted by atomic mass is 79.9. The van der Waals surface area contributed by atoms with E-state index in [0.29, 0.717) is 6.54 Å². The zero-order valence-electron chi connectivity index (χ0n) is 8.05. The SMILES string of the molecule is CN(C)c1ccc(Br)cc1CCN. The molecule has 0 aliphatic heterocycles. The van der Waals surface area contributed by atoms with E-state index in [4.69, 9.17) is 5.73 Å². The number of benzene rings is 1. The number of anilines is 1. The number of nitrogens with zero attached hydrogens (tertiary/aromatic N) is 1. The van der Waals surface area contributed by atoms with Gasteiger partial charge in [-0.1, -0.05) is 15.9 Å². The summed E-state index contributed by atoms with van der Waals surface area (Å²) >= 11 is 3.46. The van der Waals surface area contributed by atoms with Gasteiger partial charge in [0.25, 0.3) is 0 Å². The zero-order valence-corrected chi connectivity index (χ0v) is 9.63. The fourth-order valence-electron chi connectivity index (χ4n) is 1.35. The van der Waals surface area contributed by atoms with Gasteiger partial charge in [-0.2, -0.15) is 0 Å². The third-order valence-corrected chi connectivity index (χ3v) is 2.43. The van der Waals surface area contributed by atoms with Crippen molar-refractivity contribution in [3.8, 4) is 0 Å². The van der Waals surface area contributed by atoms with Gasteiger partial charge >= 0.3 is 0 Å². The number of halogens is 1. The Hall–Kier alpha value is -0.540. The van der Waals surface area contributed by atoms with Gasteiger partial charge in [0, 0.05) is 24.3 Å². The first-order valence-electron chi connectivity index (χ1n) is 4.31. The van der Waals surface area contributed by atoms with E-state index in [-0.39, 0.29) is 0 Å². The van der Waals surface area contributed by atoms with Gasteiger partial charge in [-0.3, -0.25) is 0 Å². The summed E-state index contributed by atoms with van der Waals surface area (Å²) < 4.78 is 1.11. The monoisotopic (exact) mass is 242 g/mol. The van der Waals surface area contributed by atoms with Gasteiger partial charge in [-0.05, 0) is 36.7 Å². The molecule has 0 radical (unpaired) electrons. The van der Waals surface area contributed by atoms with Crippen LogP contribution in [0.2, 0.25) is 0 Å². The molecule has 2 N–H and O–H groups in total. The van der Waals surface area contributed by atoms with E-state index < -0.39 is 0 Å². The maximum absolute atomic E-state index is 5.55. The van der Waals surface area contributed by atoms with Gasteiger partial charge in [0.1, 0.15) is 0 Å². The summed E-state index contributed by atoms with van der Waals surface area (Å²) in [6, 6.07) is 6.28. The molecule has 0 atom stereocenters. The molecule has 3 heteroatoms. The first-order valence-corrected chi connectivity index (χ1v) is 5.10. The Kier molecular flexibility index (Phi) is 3.75. The minimum Gasteiger partial charge on any atom is -0.377 e. The van der Waals surface area contributed by atoms with Crippen molar-refractivity contribution in [3.63, 3.8) is 0 Å². The lowest BCUT2D eigenvalue weighted by atomic mass is 10.1. The molecule has 0 aromatic heterocycles. The molecule has 13 heavy (non-hydrogen) atoms. The molecule has 0 amide bonds. The van der Waals surface area contributed by atoms with Crippen LogP contribution in [0.15, 0.2) is 22.7 Å². The van der Waals surface area contributed by atoms with Crippen molar-refractivity contribution in [2.75, 3.05) is 25.5 Å². The molecular weight excluding hydrogens is 228 g/mol. The number of hydrogen-bond donors (Lipinski definition) is 1. The molecule has 0 aliphatic rings. The Morgan fingerprint density at radius 1 is 1.38 bits per heavy atom. The molecule has 0 unspecified atom stereocenters. The first-order chi connectivity index (χ1) is 6.15. The van der Waals surface area contributed by atoms with Crippen LogP contribution in [0.1, 0.15) is 5.56 Å². The van der Waals surface area contributed by atoms with Gasteiger partial charge in [0.05, 0.1) is 0 Å². The predicted octanol–water partition coefficient (Wildman–Crippen LogP) is 2.02. The lowest BCUT2D eigenvalue weighted by molar-refractivity contribution is 0.953. The van der Waals surface area contributed by atoms with Crippen molar-refractivity contribution in [3.05, 3.63) is 28.2 Å². The lowest BCUT2D eigenvalue weighted by Crippen LogP contribution is -2.13. The van der Waals surface area contributed by atoms with Crippen LogP contribution >= 0.6 is 15.9 Å². The van der Waals surface area contributed by atoms with Crippen LogP contribution < -0.4 is 10.6 Å². The zero-order chi connectivity index (χ0) is 9.84. The molecule has 1 rings (SSSR count).